The van der Waals surface area contributed by atoms with Crippen molar-refractivity contribution in [1.29, 1.82) is 0 Å². The molecule has 1 aliphatic rings. The Balaban J connectivity index is 1.72. The minimum absolute atomic E-state index is 0.153. The Bertz CT molecular complexity index is 865. The van der Waals surface area contributed by atoms with Gasteiger partial charge >= 0.3 is 6.09 Å². The van der Waals surface area contributed by atoms with Gasteiger partial charge in [0.25, 0.3) is 0 Å². The van der Waals surface area contributed by atoms with Crippen LogP contribution in [0.5, 0.6) is 0 Å². The van der Waals surface area contributed by atoms with Crippen LogP contribution in [0.2, 0.25) is 0 Å². The van der Waals surface area contributed by atoms with E-state index >= 15 is 0 Å². The Morgan fingerprint density at radius 3 is 2.59 bits per heavy atom. The van der Waals surface area contributed by atoms with Crippen molar-refractivity contribution in [2.45, 2.75) is 13.0 Å². The molecular weight excluding hydrogens is 346 g/mol. The van der Waals surface area contributed by atoms with Gasteiger partial charge in [0.1, 0.15) is 12.5 Å². The highest BCUT2D eigenvalue weighted by Gasteiger charge is 2.34. The van der Waals surface area contributed by atoms with Crippen molar-refractivity contribution < 1.29 is 19.1 Å². The Kier molecular flexibility index (Phi) is 5.40. The first-order valence-electron chi connectivity index (χ1n) is 8.57. The van der Waals surface area contributed by atoms with E-state index < -0.39 is 12.0 Å². The molecule has 2 aromatic rings. The molecule has 0 fully saturated rings. The lowest BCUT2D eigenvalue weighted by Crippen LogP contribution is -2.41. The summed E-state index contributed by atoms with van der Waals surface area (Å²) in [6.45, 7) is 0.153. The molecule has 2 aromatic carbocycles. The summed E-state index contributed by atoms with van der Waals surface area (Å²) in [7, 11) is 3.21. The van der Waals surface area contributed by atoms with Crippen molar-refractivity contribution in [2.24, 2.45) is 5.92 Å². The van der Waals surface area contributed by atoms with Gasteiger partial charge in [-0.25, -0.2) is 4.79 Å². The maximum atomic E-state index is 12.3. The number of benzene rings is 2. The van der Waals surface area contributed by atoms with Crippen LogP contribution in [0.4, 0.5) is 16.2 Å². The van der Waals surface area contributed by atoms with Gasteiger partial charge in [0.2, 0.25) is 11.8 Å². The van der Waals surface area contributed by atoms with Crippen LogP contribution in [-0.2, 0) is 27.4 Å². The number of carbonyl (C=O) groups is 3. The van der Waals surface area contributed by atoms with Crippen LogP contribution >= 0.6 is 0 Å². The highest BCUT2D eigenvalue weighted by Crippen LogP contribution is 2.32. The number of hydrogen-bond donors (Lipinski definition) is 2. The van der Waals surface area contributed by atoms with Crippen molar-refractivity contribution in [3.8, 4) is 0 Å². The van der Waals surface area contributed by atoms with Gasteiger partial charge in [0.15, 0.2) is 0 Å². The van der Waals surface area contributed by atoms with E-state index in [0.717, 1.165) is 5.56 Å². The SMILES string of the molecule is CN(C)C(=O)C1Cc2c(NC(=O)OCc3ccccc3)cccc2NC1=O. The topological polar surface area (TPSA) is 87.7 Å². The molecule has 7 nitrogen and oxygen atoms in total. The molecule has 1 atom stereocenters. The molecule has 140 valence electrons. The van der Waals surface area contributed by atoms with Gasteiger partial charge < -0.3 is 15.0 Å². The summed E-state index contributed by atoms with van der Waals surface area (Å²) >= 11 is 0. The van der Waals surface area contributed by atoms with Gasteiger partial charge in [-0.1, -0.05) is 36.4 Å². The summed E-state index contributed by atoms with van der Waals surface area (Å²) in [4.78, 5) is 38.0. The number of nitrogens with zero attached hydrogens (tertiary/aromatic N) is 1. The monoisotopic (exact) mass is 367 g/mol. The van der Waals surface area contributed by atoms with Gasteiger partial charge in [0, 0.05) is 31.0 Å². The van der Waals surface area contributed by atoms with Gasteiger partial charge in [-0.05, 0) is 24.1 Å². The molecule has 1 heterocycles. The van der Waals surface area contributed by atoms with E-state index in [0.29, 0.717) is 16.9 Å². The molecule has 3 amide bonds. The third-order valence-electron chi connectivity index (χ3n) is 4.35. The fourth-order valence-electron chi connectivity index (χ4n) is 2.94. The summed E-state index contributed by atoms with van der Waals surface area (Å²) < 4.78 is 5.24. The largest absolute Gasteiger partial charge is 0.444 e. The Labute approximate surface area is 157 Å². The maximum absolute atomic E-state index is 12.3. The van der Waals surface area contributed by atoms with Crippen LogP contribution < -0.4 is 10.6 Å². The Hall–Kier alpha value is -3.35. The molecule has 0 aromatic heterocycles. The van der Waals surface area contributed by atoms with E-state index in [1.807, 2.05) is 30.3 Å². The molecule has 0 saturated heterocycles. The molecule has 0 bridgehead atoms. The lowest BCUT2D eigenvalue weighted by molar-refractivity contribution is -0.138. The zero-order valence-electron chi connectivity index (χ0n) is 15.2. The molecule has 0 saturated carbocycles. The highest BCUT2D eigenvalue weighted by molar-refractivity contribution is 6.09. The van der Waals surface area contributed by atoms with Crippen LogP contribution in [-0.4, -0.2) is 36.9 Å². The predicted molar refractivity (Wildman–Crippen MR) is 101 cm³/mol. The molecule has 1 aliphatic heterocycles. The van der Waals surface area contributed by atoms with Crippen molar-refractivity contribution in [3.63, 3.8) is 0 Å². The molecule has 1 unspecified atom stereocenters. The number of rotatable bonds is 4. The normalized spacial score (nSPS) is 15.3. The van der Waals surface area contributed by atoms with Crippen molar-refractivity contribution in [2.75, 3.05) is 24.7 Å². The summed E-state index contributed by atoms with van der Waals surface area (Å²) in [5.41, 5.74) is 2.69. The molecule has 0 radical (unpaired) electrons. The predicted octanol–water partition coefficient (Wildman–Crippen LogP) is 2.63. The maximum Gasteiger partial charge on any atom is 0.411 e. The average Bonchev–Trinajstić information content (AvgIpc) is 2.66. The standard InChI is InChI=1S/C20H21N3O4/c1-23(2)19(25)15-11-14-16(21-18(15)24)9-6-10-17(14)22-20(26)27-12-13-7-4-3-5-8-13/h3-10,15H,11-12H2,1-2H3,(H,21,24)(H,22,26). The lowest BCUT2D eigenvalue weighted by Gasteiger charge is -2.27. The van der Waals surface area contributed by atoms with Gasteiger partial charge in [0.05, 0.1) is 0 Å². The van der Waals surface area contributed by atoms with Crippen LogP contribution in [0.25, 0.3) is 0 Å². The van der Waals surface area contributed by atoms with E-state index in [1.54, 1.807) is 32.3 Å². The fraction of sp³-hybridized carbons (Fsp3) is 0.250. The van der Waals surface area contributed by atoms with Crippen molar-refractivity contribution >= 4 is 29.3 Å². The number of anilines is 2. The van der Waals surface area contributed by atoms with Crippen LogP contribution in [0, 0.1) is 5.92 Å². The summed E-state index contributed by atoms with van der Waals surface area (Å²) in [6.07, 6.45) is -0.382. The number of hydrogen-bond acceptors (Lipinski definition) is 4. The zero-order valence-corrected chi connectivity index (χ0v) is 15.2. The first kappa shape index (κ1) is 18.4. The van der Waals surface area contributed by atoms with E-state index in [1.165, 1.54) is 4.90 Å². The average molecular weight is 367 g/mol. The van der Waals surface area contributed by atoms with Crippen LogP contribution in [0.3, 0.4) is 0 Å². The molecular formula is C20H21N3O4. The minimum atomic E-state index is -0.823. The number of fused-ring (bicyclic) bond motifs is 1. The molecule has 3 rings (SSSR count). The second-order valence-corrected chi connectivity index (χ2v) is 6.50. The Morgan fingerprint density at radius 2 is 1.89 bits per heavy atom. The van der Waals surface area contributed by atoms with Crippen molar-refractivity contribution in [1.82, 2.24) is 4.90 Å². The van der Waals surface area contributed by atoms with Gasteiger partial charge in [-0.15, -0.1) is 0 Å². The van der Waals surface area contributed by atoms with E-state index in [2.05, 4.69) is 10.6 Å². The molecule has 0 aliphatic carbocycles. The number of nitrogens with one attached hydrogen (secondary N) is 2. The van der Waals surface area contributed by atoms with E-state index in [-0.39, 0.29) is 24.8 Å². The number of amides is 3. The highest BCUT2D eigenvalue weighted by atomic mass is 16.5. The third kappa shape index (κ3) is 4.25. The lowest BCUT2D eigenvalue weighted by atomic mass is 9.91. The fourth-order valence-corrected chi connectivity index (χ4v) is 2.94. The summed E-state index contributed by atoms with van der Waals surface area (Å²) in [6, 6.07) is 14.5. The van der Waals surface area contributed by atoms with Crippen LogP contribution in [0.1, 0.15) is 11.1 Å². The van der Waals surface area contributed by atoms with Crippen LogP contribution in [0.15, 0.2) is 48.5 Å². The number of carbonyl (C=O) groups excluding carboxylic acids is 3. The first-order valence-corrected chi connectivity index (χ1v) is 8.57. The summed E-state index contributed by atoms with van der Waals surface area (Å²) in [5, 5.41) is 5.45. The van der Waals surface area contributed by atoms with Gasteiger partial charge in [-0.3, -0.25) is 14.9 Å². The minimum Gasteiger partial charge on any atom is -0.444 e. The second kappa shape index (κ2) is 7.90. The first-order chi connectivity index (χ1) is 13.0. The molecule has 0 spiro atoms. The smallest absolute Gasteiger partial charge is 0.411 e. The number of ether oxygens (including phenoxy) is 1. The zero-order chi connectivity index (χ0) is 19.4. The second-order valence-electron chi connectivity index (χ2n) is 6.50. The van der Waals surface area contributed by atoms with E-state index in [4.69, 9.17) is 4.74 Å². The van der Waals surface area contributed by atoms with Crippen molar-refractivity contribution in [3.05, 3.63) is 59.7 Å². The Morgan fingerprint density at radius 1 is 1.15 bits per heavy atom. The third-order valence-corrected chi connectivity index (χ3v) is 4.35. The molecule has 2 N–H and O–H groups in total. The van der Waals surface area contributed by atoms with Gasteiger partial charge in [-0.2, -0.15) is 0 Å². The molecule has 27 heavy (non-hydrogen) atoms. The van der Waals surface area contributed by atoms with E-state index in [9.17, 15) is 14.4 Å². The quantitative estimate of drug-likeness (QED) is 0.813. The molecule has 7 heteroatoms. The summed E-state index contributed by atoms with van der Waals surface area (Å²) in [5.74, 6) is -1.44.